The fraction of sp³-hybridized carbons (Fsp3) is 0.111. The minimum absolute atomic E-state index is 0.247. The van der Waals surface area contributed by atoms with Crippen LogP contribution >= 0.6 is 0 Å². The summed E-state index contributed by atoms with van der Waals surface area (Å²) in [5, 5.41) is 2.85. The van der Waals surface area contributed by atoms with Crippen LogP contribution in [0.25, 0.3) is 11.3 Å². The molecule has 6 heteroatoms. The van der Waals surface area contributed by atoms with Crippen LogP contribution in [0.2, 0.25) is 0 Å². The lowest BCUT2D eigenvalue weighted by atomic mass is 10.1. The van der Waals surface area contributed by atoms with Gasteiger partial charge in [0.25, 0.3) is 5.91 Å². The average molecular weight is 322 g/mol. The van der Waals surface area contributed by atoms with Crippen LogP contribution in [-0.4, -0.2) is 20.9 Å². The van der Waals surface area contributed by atoms with Crippen LogP contribution in [0.5, 0.6) is 0 Å². The summed E-state index contributed by atoms with van der Waals surface area (Å²) >= 11 is 0. The first-order valence-corrected chi connectivity index (χ1v) is 7.42. The molecule has 1 atom stereocenters. The lowest BCUT2D eigenvalue weighted by Crippen LogP contribution is -2.27. The number of aromatic nitrogens is 3. The highest BCUT2D eigenvalue weighted by molar-refractivity contribution is 5.94. The Kier molecular flexibility index (Phi) is 4.56. The number of benzene rings is 1. The highest BCUT2D eigenvalue weighted by Crippen LogP contribution is 2.18. The third-order valence-electron chi connectivity index (χ3n) is 3.54. The van der Waals surface area contributed by atoms with Gasteiger partial charge in [0.15, 0.2) is 0 Å². The van der Waals surface area contributed by atoms with Gasteiger partial charge in [-0.1, -0.05) is 12.1 Å². The molecular weight excluding hydrogens is 307 g/mol. The van der Waals surface area contributed by atoms with Gasteiger partial charge in [-0.25, -0.2) is 14.4 Å². The van der Waals surface area contributed by atoms with Gasteiger partial charge in [0.2, 0.25) is 0 Å². The summed E-state index contributed by atoms with van der Waals surface area (Å²) in [6.07, 6.45) is 4.54. The van der Waals surface area contributed by atoms with Crippen LogP contribution < -0.4 is 5.32 Å². The first-order valence-electron chi connectivity index (χ1n) is 7.42. The van der Waals surface area contributed by atoms with Crippen LogP contribution in [-0.2, 0) is 0 Å². The summed E-state index contributed by atoms with van der Waals surface area (Å²) in [6, 6.07) is 11.0. The van der Waals surface area contributed by atoms with E-state index >= 15 is 0 Å². The molecule has 5 nitrogen and oxygen atoms in total. The molecule has 0 aliphatic carbocycles. The molecule has 3 rings (SSSR count). The van der Waals surface area contributed by atoms with E-state index in [1.807, 2.05) is 6.92 Å². The maximum absolute atomic E-state index is 13.3. The smallest absolute Gasteiger partial charge is 0.253 e. The minimum atomic E-state index is -0.324. The molecule has 0 saturated heterocycles. The Morgan fingerprint density at radius 3 is 2.71 bits per heavy atom. The molecule has 1 unspecified atom stereocenters. The number of hydrogen-bond acceptors (Lipinski definition) is 4. The maximum Gasteiger partial charge on any atom is 0.253 e. The third kappa shape index (κ3) is 3.60. The predicted molar refractivity (Wildman–Crippen MR) is 87.5 cm³/mol. The molecule has 2 aromatic heterocycles. The Hall–Kier alpha value is -3.15. The second-order valence-corrected chi connectivity index (χ2v) is 5.27. The second kappa shape index (κ2) is 6.95. The van der Waals surface area contributed by atoms with Gasteiger partial charge in [0.1, 0.15) is 12.1 Å². The number of halogens is 1. The van der Waals surface area contributed by atoms with Crippen molar-refractivity contribution < 1.29 is 9.18 Å². The second-order valence-electron chi connectivity index (χ2n) is 5.27. The summed E-state index contributed by atoms with van der Waals surface area (Å²) < 4.78 is 13.3. The monoisotopic (exact) mass is 322 g/mol. The number of nitrogens with one attached hydrogen (secondary N) is 1. The fourth-order valence-electron chi connectivity index (χ4n) is 2.26. The van der Waals surface area contributed by atoms with Gasteiger partial charge in [-0.3, -0.25) is 9.78 Å². The maximum atomic E-state index is 13.3. The fourth-order valence-corrected chi connectivity index (χ4v) is 2.26. The summed E-state index contributed by atoms with van der Waals surface area (Å²) in [5.74, 6) is -0.575. The van der Waals surface area contributed by atoms with Gasteiger partial charge in [-0.2, -0.15) is 0 Å². The van der Waals surface area contributed by atoms with Crippen molar-refractivity contribution in [2.24, 2.45) is 0 Å². The predicted octanol–water partition coefficient (Wildman–Crippen LogP) is 3.17. The zero-order valence-electron chi connectivity index (χ0n) is 13.0. The molecule has 0 fully saturated rings. The summed E-state index contributed by atoms with van der Waals surface area (Å²) in [7, 11) is 0. The standard InChI is InChI=1S/C18H15FN4O/c1-12(16-7-8-20-11-22-16)23-18(24)14-5-6-17(21-10-14)13-3-2-4-15(19)9-13/h2-12H,1H3,(H,23,24). The lowest BCUT2D eigenvalue weighted by Gasteiger charge is -2.13. The molecule has 0 saturated carbocycles. The Bertz CT molecular complexity index is 837. The zero-order chi connectivity index (χ0) is 16.9. The Morgan fingerprint density at radius 2 is 2.04 bits per heavy atom. The van der Waals surface area contributed by atoms with Crippen LogP contribution in [0.3, 0.4) is 0 Å². The minimum Gasteiger partial charge on any atom is -0.344 e. The summed E-state index contributed by atoms with van der Waals surface area (Å²) in [4.78, 5) is 24.5. The molecule has 0 aliphatic rings. The number of carbonyl (C=O) groups is 1. The zero-order valence-corrected chi connectivity index (χ0v) is 13.0. The van der Waals surface area contributed by atoms with Crippen molar-refractivity contribution in [3.8, 4) is 11.3 Å². The van der Waals surface area contributed by atoms with Crippen LogP contribution in [0.4, 0.5) is 4.39 Å². The van der Waals surface area contributed by atoms with E-state index < -0.39 is 0 Å². The van der Waals surface area contributed by atoms with Crippen molar-refractivity contribution in [1.82, 2.24) is 20.3 Å². The average Bonchev–Trinajstić information content (AvgIpc) is 2.62. The first-order chi connectivity index (χ1) is 11.6. The van der Waals surface area contributed by atoms with E-state index in [1.54, 1.807) is 36.5 Å². The van der Waals surface area contributed by atoms with E-state index in [0.717, 1.165) is 5.69 Å². The van der Waals surface area contributed by atoms with Crippen molar-refractivity contribution in [2.75, 3.05) is 0 Å². The van der Waals surface area contributed by atoms with Crippen LogP contribution in [0.1, 0.15) is 29.0 Å². The first kappa shape index (κ1) is 15.7. The summed E-state index contributed by atoms with van der Waals surface area (Å²) in [6.45, 7) is 1.84. The van der Waals surface area contributed by atoms with Crippen molar-refractivity contribution in [1.29, 1.82) is 0 Å². The van der Waals surface area contributed by atoms with Crippen molar-refractivity contribution >= 4 is 5.91 Å². The number of carbonyl (C=O) groups excluding carboxylic acids is 1. The largest absolute Gasteiger partial charge is 0.344 e. The van der Waals surface area contributed by atoms with Crippen molar-refractivity contribution in [2.45, 2.75) is 13.0 Å². The van der Waals surface area contributed by atoms with Gasteiger partial charge < -0.3 is 5.32 Å². The van der Waals surface area contributed by atoms with E-state index in [0.29, 0.717) is 16.8 Å². The molecule has 1 N–H and O–H groups in total. The van der Waals surface area contributed by atoms with E-state index in [1.165, 1.54) is 24.7 Å². The third-order valence-corrected chi connectivity index (χ3v) is 3.54. The van der Waals surface area contributed by atoms with Crippen LogP contribution in [0, 0.1) is 5.82 Å². The lowest BCUT2D eigenvalue weighted by molar-refractivity contribution is 0.0938. The topological polar surface area (TPSA) is 67.8 Å². The number of nitrogens with zero attached hydrogens (tertiary/aromatic N) is 3. The summed E-state index contributed by atoms with van der Waals surface area (Å²) in [5.41, 5.74) is 2.42. The number of amides is 1. The van der Waals surface area contributed by atoms with Gasteiger partial charge in [-0.15, -0.1) is 0 Å². The Balaban J connectivity index is 1.72. The van der Waals surface area contributed by atoms with E-state index in [9.17, 15) is 9.18 Å². The van der Waals surface area contributed by atoms with Crippen LogP contribution in [0.15, 0.2) is 61.2 Å². The molecule has 0 radical (unpaired) electrons. The molecule has 1 aromatic carbocycles. The molecule has 120 valence electrons. The molecule has 3 aromatic rings. The van der Waals surface area contributed by atoms with E-state index in [2.05, 4.69) is 20.3 Å². The van der Waals surface area contributed by atoms with Gasteiger partial charge in [0.05, 0.1) is 23.0 Å². The Labute approximate surface area is 138 Å². The number of hydrogen-bond donors (Lipinski definition) is 1. The van der Waals surface area contributed by atoms with E-state index in [-0.39, 0.29) is 17.8 Å². The normalized spacial score (nSPS) is 11.8. The Morgan fingerprint density at radius 1 is 1.17 bits per heavy atom. The van der Waals surface area contributed by atoms with Gasteiger partial charge in [-0.05, 0) is 37.3 Å². The molecular formula is C18H15FN4O. The molecule has 0 bridgehead atoms. The molecule has 1 amide bonds. The SMILES string of the molecule is CC(NC(=O)c1ccc(-c2cccc(F)c2)nc1)c1ccncn1. The quantitative estimate of drug-likeness (QED) is 0.801. The highest BCUT2D eigenvalue weighted by Gasteiger charge is 2.13. The molecule has 2 heterocycles. The van der Waals surface area contributed by atoms with Gasteiger partial charge in [0, 0.05) is 18.0 Å². The number of rotatable bonds is 4. The van der Waals surface area contributed by atoms with E-state index in [4.69, 9.17) is 0 Å². The molecule has 0 aliphatic heterocycles. The number of pyridine rings is 1. The molecule has 24 heavy (non-hydrogen) atoms. The van der Waals surface area contributed by atoms with Crippen molar-refractivity contribution in [3.05, 3.63) is 78.3 Å². The highest BCUT2D eigenvalue weighted by atomic mass is 19.1. The molecule has 0 spiro atoms. The van der Waals surface area contributed by atoms with Crippen molar-refractivity contribution in [3.63, 3.8) is 0 Å². The van der Waals surface area contributed by atoms with Gasteiger partial charge >= 0.3 is 0 Å².